The van der Waals surface area contributed by atoms with E-state index in [1.165, 1.54) is 30.3 Å². The van der Waals surface area contributed by atoms with E-state index in [9.17, 15) is 8.42 Å². The number of halogens is 4. The molecule has 0 saturated heterocycles. The van der Waals surface area contributed by atoms with Crippen LogP contribution in [0.1, 0.15) is 0 Å². The second kappa shape index (κ2) is 6.00. The molecule has 0 aliphatic rings. The van der Waals surface area contributed by atoms with Crippen LogP contribution in [0.2, 0.25) is 20.1 Å². The number of anilines is 1. The molecule has 0 aromatic heterocycles. The fourth-order valence-electron chi connectivity index (χ4n) is 1.51. The van der Waals surface area contributed by atoms with Crippen LogP contribution in [0.25, 0.3) is 0 Å². The number of nitrogens with one attached hydrogen (secondary N) is 1. The van der Waals surface area contributed by atoms with Crippen molar-refractivity contribution in [1.82, 2.24) is 0 Å². The lowest BCUT2D eigenvalue weighted by atomic mass is 10.3. The van der Waals surface area contributed by atoms with Crippen LogP contribution in [-0.4, -0.2) is 8.42 Å². The highest BCUT2D eigenvalue weighted by molar-refractivity contribution is 7.93. The van der Waals surface area contributed by atoms with Crippen molar-refractivity contribution in [3.8, 4) is 0 Å². The van der Waals surface area contributed by atoms with Gasteiger partial charge in [-0.15, -0.1) is 0 Å². The molecule has 0 radical (unpaired) electrons. The summed E-state index contributed by atoms with van der Waals surface area (Å²) in [5.74, 6) is 0. The van der Waals surface area contributed by atoms with Gasteiger partial charge in [0.15, 0.2) is 0 Å². The summed E-state index contributed by atoms with van der Waals surface area (Å²) >= 11 is 23.5. The van der Waals surface area contributed by atoms with Crippen LogP contribution in [0.15, 0.2) is 41.3 Å². The fourth-order valence-corrected chi connectivity index (χ4v) is 4.25. The monoisotopic (exact) mass is 369 g/mol. The second-order valence-corrected chi connectivity index (χ2v) is 7.06. The summed E-state index contributed by atoms with van der Waals surface area (Å²) in [4.78, 5) is -0.200. The summed E-state index contributed by atoms with van der Waals surface area (Å²) < 4.78 is 26.9. The van der Waals surface area contributed by atoms with Gasteiger partial charge in [-0.1, -0.05) is 52.5 Å². The third kappa shape index (κ3) is 3.32. The van der Waals surface area contributed by atoms with E-state index in [0.717, 1.165) is 0 Å². The molecule has 3 nitrogen and oxygen atoms in total. The first kappa shape index (κ1) is 15.7. The molecule has 0 unspecified atom stereocenters. The average Bonchev–Trinajstić information content (AvgIpc) is 2.32. The molecule has 0 heterocycles. The van der Waals surface area contributed by atoms with Crippen molar-refractivity contribution in [2.75, 3.05) is 4.72 Å². The molecule has 0 spiro atoms. The van der Waals surface area contributed by atoms with Crippen molar-refractivity contribution in [3.05, 3.63) is 56.5 Å². The lowest BCUT2D eigenvalue weighted by molar-refractivity contribution is 0.601. The highest BCUT2D eigenvalue weighted by Crippen LogP contribution is 2.32. The molecule has 8 heteroatoms. The number of sulfonamides is 1. The molecule has 0 saturated carbocycles. The van der Waals surface area contributed by atoms with Crippen LogP contribution in [0.5, 0.6) is 0 Å². The first-order valence-electron chi connectivity index (χ1n) is 5.23. The lowest BCUT2D eigenvalue weighted by Gasteiger charge is -2.12. The predicted octanol–water partition coefficient (Wildman–Crippen LogP) is 5.10. The minimum Gasteiger partial charge on any atom is -0.278 e. The molecule has 106 valence electrons. The van der Waals surface area contributed by atoms with Gasteiger partial charge in [-0.25, -0.2) is 8.42 Å². The molecular formula is C12H7Cl4NO2S. The van der Waals surface area contributed by atoms with Crippen molar-refractivity contribution < 1.29 is 8.42 Å². The molecule has 20 heavy (non-hydrogen) atoms. The maximum absolute atomic E-state index is 12.3. The van der Waals surface area contributed by atoms with Crippen LogP contribution < -0.4 is 4.72 Å². The van der Waals surface area contributed by atoms with Crippen molar-refractivity contribution in [2.45, 2.75) is 4.90 Å². The van der Waals surface area contributed by atoms with Gasteiger partial charge >= 0.3 is 0 Å². The van der Waals surface area contributed by atoms with Gasteiger partial charge in [0.25, 0.3) is 10.0 Å². The Bertz CT molecular complexity index is 742. The van der Waals surface area contributed by atoms with Gasteiger partial charge in [-0.05, 0) is 30.3 Å². The highest BCUT2D eigenvalue weighted by atomic mass is 35.5. The van der Waals surface area contributed by atoms with E-state index in [4.69, 9.17) is 46.4 Å². The molecule has 0 amide bonds. The average molecular weight is 371 g/mol. The Labute approximate surface area is 136 Å². The SMILES string of the molecule is O=S(=O)(Nc1ccc(Cl)cc1Cl)c1c(Cl)cccc1Cl. The molecule has 0 fully saturated rings. The number of benzene rings is 2. The van der Waals surface area contributed by atoms with E-state index in [0.29, 0.717) is 5.02 Å². The Balaban J connectivity index is 2.46. The summed E-state index contributed by atoms with van der Waals surface area (Å²) in [6.07, 6.45) is 0. The second-order valence-electron chi connectivity index (χ2n) is 3.78. The third-order valence-electron chi connectivity index (χ3n) is 2.36. The van der Waals surface area contributed by atoms with Gasteiger partial charge in [0.05, 0.1) is 20.8 Å². The number of hydrogen-bond acceptors (Lipinski definition) is 2. The van der Waals surface area contributed by atoms with Crippen molar-refractivity contribution in [3.63, 3.8) is 0 Å². The van der Waals surface area contributed by atoms with E-state index < -0.39 is 10.0 Å². The predicted molar refractivity (Wildman–Crippen MR) is 83.7 cm³/mol. The molecule has 1 N–H and O–H groups in total. The highest BCUT2D eigenvalue weighted by Gasteiger charge is 2.22. The van der Waals surface area contributed by atoms with E-state index in [1.807, 2.05) is 0 Å². The molecule has 0 bridgehead atoms. The maximum Gasteiger partial charge on any atom is 0.264 e. The van der Waals surface area contributed by atoms with Gasteiger partial charge in [0, 0.05) is 5.02 Å². The van der Waals surface area contributed by atoms with E-state index in [-0.39, 0.29) is 25.7 Å². The zero-order valence-electron chi connectivity index (χ0n) is 9.70. The van der Waals surface area contributed by atoms with Crippen LogP contribution in [0.4, 0.5) is 5.69 Å². The smallest absolute Gasteiger partial charge is 0.264 e. The summed E-state index contributed by atoms with van der Waals surface area (Å²) in [5.41, 5.74) is 0.187. The summed E-state index contributed by atoms with van der Waals surface area (Å²) in [5, 5.41) is 0.614. The van der Waals surface area contributed by atoms with E-state index in [2.05, 4.69) is 4.72 Å². The Morgan fingerprint density at radius 3 is 2.00 bits per heavy atom. The zero-order valence-corrected chi connectivity index (χ0v) is 13.5. The van der Waals surface area contributed by atoms with Crippen molar-refractivity contribution in [2.24, 2.45) is 0 Å². The summed E-state index contributed by atoms with van der Waals surface area (Å²) in [6, 6.07) is 8.82. The molecule has 0 aliphatic carbocycles. The summed E-state index contributed by atoms with van der Waals surface area (Å²) in [6.45, 7) is 0. The van der Waals surface area contributed by atoms with Crippen molar-refractivity contribution >= 4 is 62.1 Å². The van der Waals surface area contributed by atoms with Gasteiger partial charge in [0.1, 0.15) is 4.90 Å². The topological polar surface area (TPSA) is 46.2 Å². The quantitative estimate of drug-likeness (QED) is 0.816. The van der Waals surface area contributed by atoms with Gasteiger partial charge in [-0.3, -0.25) is 4.72 Å². The van der Waals surface area contributed by atoms with E-state index in [1.54, 1.807) is 6.07 Å². The van der Waals surface area contributed by atoms with E-state index >= 15 is 0 Å². The third-order valence-corrected chi connectivity index (χ3v) is 5.23. The first-order chi connectivity index (χ1) is 9.31. The van der Waals surface area contributed by atoms with Crippen LogP contribution >= 0.6 is 46.4 Å². The molecule has 2 aromatic carbocycles. The minimum absolute atomic E-state index is 0.0232. The zero-order chi connectivity index (χ0) is 14.9. The Hall–Kier alpha value is -0.650. The molecule has 2 rings (SSSR count). The normalized spacial score (nSPS) is 11.4. The van der Waals surface area contributed by atoms with Crippen molar-refractivity contribution in [1.29, 1.82) is 0 Å². The van der Waals surface area contributed by atoms with Crippen LogP contribution in [-0.2, 0) is 10.0 Å². The van der Waals surface area contributed by atoms with Gasteiger partial charge < -0.3 is 0 Å². The Morgan fingerprint density at radius 2 is 1.45 bits per heavy atom. The number of rotatable bonds is 3. The summed E-state index contributed by atoms with van der Waals surface area (Å²) in [7, 11) is -3.95. The fraction of sp³-hybridized carbons (Fsp3) is 0. The molecular weight excluding hydrogens is 364 g/mol. The lowest BCUT2D eigenvalue weighted by Crippen LogP contribution is -2.14. The standard InChI is InChI=1S/C12H7Cl4NO2S/c13-7-4-5-11(10(16)6-7)17-20(18,19)12-8(14)2-1-3-9(12)15/h1-6,17H. The molecule has 0 atom stereocenters. The molecule has 2 aromatic rings. The van der Waals surface area contributed by atoms with Crippen LogP contribution in [0.3, 0.4) is 0 Å². The Kier molecular flexibility index (Phi) is 4.72. The maximum atomic E-state index is 12.3. The first-order valence-corrected chi connectivity index (χ1v) is 8.22. The number of hydrogen-bond donors (Lipinski definition) is 1. The molecule has 0 aliphatic heterocycles. The van der Waals surface area contributed by atoms with Gasteiger partial charge in [-0.2, -0.15) is 0 Å². The van der Waals surface area contributed by atoms with Gasteiger partial charge in [0.2, 0.25) is 0 Å². The largest absolute Gasteiger partial charge is 0.278 e. The minimum atomic E-state index is -3.95. The van der Waals surface area contributed by atoms with Crippen LogP contribution in [0, 0.1) is 0 Å². The Morgan fingerprint density at radius 1 is 0.850 bits per heavy atom.